The van der Waals surface area contributed by atoms with Crippen LogP contribution in [-0.2, 0) is 32.1 Å². The van der Waals surface area contributed by atoms with Crippen molar-refractivity contribution in [3.8, 4) is 0 Å². The molecule has 0 bridgehead atoms. The molecule has 0 aromatic heterocycles. The highest BCUT2D eigenvalue weighted by molar-refractivity contribution is 5.86. The second kappa shape index (κ2) is 14.9. The number of allylic oxidation sites excluding steroid dienone is 2. The summed E-state index contributed by atoms with van der Waals surface area (Å²) in [4.78, 5) is 40.6. The van der Waals surface area contributed by atoms with E-state index >= 15 is 0 Å². The normalized spacial score (nSPS) is 16.0. The predicted molar refractivity (Wildman–Crippen MR) is 147 cm³/mol. The summed E-state index contributed by atoms with van der Waals surface area (Å²) in [5.41, 5.74) is 2.96. The maximum Gasteiger partial charge on any atom is 0.306 e. The van der Waals surface area contributed by atoms with Gasteiger partial charge in [0.2, 0.25) is 11.8 Å². The van der Waals surface area contributed by atoms with Gasteiger partial charge in [-0.1, -0.05) is 66.7 Å². The minimum Gasteiger partial charge on any atom is -0.456 e. The first-order chi connectivity index (χ1) is 18.5. The van der Waals surface area contributed by atoms with Crippen LogP contribution in [0, 0.1) is 5.92 Å². The minimum atomic E-state index is -0.645. The Bertz CT molecular complexity index is 1100. The molecule has 0 aliphatic carbocycles. The smallest absolute Gasteiger partial charge is 0.306 e. The molecule has 0 saturated carbocycles. The molecule has 1 aliphatic rings. The highest BCUT2D eigenvalue weighted by atomic mass is 16.5. The Labute approximate surface area is 225 Å². The Balaban J connectivity index is 1.65. The molecule has 2 aromatic carbocycles. The Morgan fingerprint density at radius 2 is 1.76 bits per heavy atom. The van der Waals surface area contributed by atoms with Gasteiger partial charge in [-0.15, -0.1) is 13.2 Å². The van der Waals surface area contributed by atoms with Crippen LogP contribution in [0.15, 0.2) is 79.9 Å². The van der Waals surface area contributed by atoms with Crippen LogP contribution < -0.4 is 5.32 Å². The maximum absolute atomic E-state index is 13.3. The summed E-state index contributed by atoms with van der Waals surface area (Å²) in [5, 5.41) is 12.8. The van der Waals surface area contributed by atoms with Crippen molar-refractivity contribution in [3.05, 3.63) is 96.6 Å². The lowest BCUT2D eigenvalue weighted by atomic mass is 9.92. The summed E-state index contributed by atoms with van der Waals surface area (Å²) < 4.78 is 5.70. The van der Waals surface area contributed by atoms with Crippen molar-refractivity contribution in [1.82, 2.24) is 10.2 Å². The highest BCUT2D eigenvalue weighted by Crippen LogP contribution is 2.25. The van der Waals surface area contributed by atoms with E-state index in [1.807, 2.05) is 54.6 Å². The standard InChI is InChI=1S/C31H38N2O5/c1-3-5-7-17-30(36)38-28(23-13-8-6-9-14-23)20-32-31(37)25(12-4-2)19-29(35)33-21-26-16-11-10-15-24(26)18-27(33)22-34/h3-4,6,8-11,13-16,25,27-28,34H,1-2,5,7,12,17-22H2,(H,32,37)/t25-,27+,28-/m1/s1. The molecule has 0 radical (unpaired) electrons. The molecule has 2 N–H and O–H groups in total. The Kier molecular flexibility index (Phi) is 11.3. The molecule has 1 aliphatic heterocycles. The van der Waals surface area contributed by atoms with Gasteiger partial charge in [0, 0.05) is 19.4 Å². The molecule has 3 rings (SSSR count). The average Bonchev–Trinajstić information content (AvgIpc) is 2.94. The van der Waals surface area contributed by atoms with Crippen LogP contribution in [0.2, 0.25) is 0 Å². The molecule has 0 spiro atoms. The van der Waals surface area contributed by atoms with Crippen molar-refractivity contribution >= 4 is 17.8 Å². The number of ether oxygens (including phenoxy) is 1. The van der Waals surface area contributed by atoms with Gasteiger partial charge in [0.15, 0.2) is 0 Å². The topological polar surface area (TPSA) is 95.9 Å². The zero-order chi connectivity index (χ0) is 27.3. The lowest BCUT2D eigenvalue weighted by Gasteiger charge is -2.36. The van der Waals surface area contributed by atoms with Crippen LogP contribution in [0.25, 0.3) is 0 Å². The predicted octanol–water partition coefficient (Wildman–Crippen LogP) is 4.27. The van der Waals surface area contributed by atoms with Gasteiger partial charge in [0.1, 0.15) is 6.10 Å². The number of benzene rings is 2. The molecular weight excluding hydrogens is 480 g/mol. The fraction of sp³-hybridized carbons (Fsp3) is 0.387. The van der Waals surface area contributed by atoms with Crippen molar-refractivity contribution in [1.29, 1.82) is 0 Å². The SMILES string of the molecule is C=CCCCC(=O)O[C@H](CNC(=O)[C@H](CC=C)CC(=O)N1Cc2ccccc2C[C@H]1CO)c1ccccc1. The number of nitrogens with one attached hydrogen (secondary N) is 1. The number of carbonyl (C=O) groups excluding carboxylic acids is 3. The zero-order valence-electron chi connectivity index (χ0n) is 21.9. The fourth-order valence-corrected chi connectivity index (χ4v) is 4.70. The number of rotatable bonds is 14. The molecule has 202 valence electrons. The third-order valence-corrected chi connectivity index (χ3v) is 6.83. The van der Waals surface area contributed by atoms with Gasteiger partial charge in [-0.25, -0.2) is 0 Å². The van der Waals surface area contributed by atoms with Gasteiger partial charge in [-0.05, 0) is 42.4 Å². The molecule has 1 heterocycles. The molecule has 3 atom stereocenters. The number of hydrogen-bond donors (Lipinski definition) is 2. The van der Waals surface area contributed by atoms with Gasteiger partial charge in [-0.2, -0.15) is 0 Å². The van der Waals surface area contributed by atoms with Crippen LogP contribution in [0.3, 0.4) is 0 Å². The lowest BCUT2D eigenvalue weighted by molar-refractivity contribution is -0.150. The summed E-state index contributed by atoms with van der Waals surface area (Å²) in [6.07, 6.45) is 5.27. The van der Waals surface area contributed by atoms with Gasteiger partial charge >= 0.3 is 5.97 Å². The van der Waals surface area contributed by atoms with Crippen LogP contribution >= 0.6 is 0 Å². The van der Waals surface area contributed by atoms with E-state index in [0.717, 1.165) is 23.1 Å². The summed E-state index contributed by atoms with van der Waals surface area (Å²) in [5.74, 6) is -1.46. The van der Waals surface area contributed by atoms with Crippen LogP contribution in [0.4, 0.5) is 0 Å². The van der Waals surface area contributed by atoms with E-state index in [1.165, 1.54) is 0 Å². The number of unbranched alkanes of at least 4 members (excludes halogenated alkanes) is 1. The molecule has 2 aromatic rings. The fourth-order valence-electron chi connectivity index (χ4n) is 4.70. The van der Waals surface area contributed by atoms with Gasteiger partial charge in [0.25, 0.3) is 0 Å². The third kappa shape index (κ3) is 8.15. The monoisotopic (exact) mass is 518 g/mol. The maximum atomic E-state index is 13.3. The number of esters is 1. The number of aliphatic hydroxyl groups is 1. The van der Waals surface area contributed by atoms with Gasteiger partial charge in [-0.3, -0.25) is 14.4 Å². The number of carbonyl (C=O) groups is 3. The third-order valence-electron chi connectivity index (χ3n) is 6.83. The summed E-state index contributed by atoms with van der Waals surface area (Å²) >= 11 is 0. The van der Waals surface area contributed by atoms with Crippen molar-refractivity contribution in [2.75, 3.05) is 13.2 Å². The van der Waals surface area contributed by atoms with Crippen LogP contribution in [0.1, 0.15) is 54.9 Å². The molecule has 7 heteroatoms. The first-order valence-corrected chi connectivity index (χ1v) is 13.2. The van der Waals surface area contributed by atoms with Gasteiger partial charge in [0.05, 0.1) is 25.1 Å². The number of hydrogen-bond acceptors (Lipinski definition) is 5. The molecule has 0 unspecified atom stereocenters. The minimum absolute atomic E-state index is 0.00609. The van der Waals surface area contributed by atoms with Crippen LogP contribution in [0.5, 0.6) is 0 Å². The largest absolute Gasteiger partial charge is 0.456 e. The molecule has 0 fully saturated rings. The zero-order valence-corrected chi connectivity index (χ0v) is 21.9. The van der Waals surface area contributed by atoms with E-state index in [1.54, 1.807) is 17.1 Å². The van der Waals surface area contributed by atoms with E-state index < -0.39 is 12.0 Å². The first-order valence-electron chi connectivity index (χ1n) is 13.2. The molecule has 2 amide bonds. The molecule has 7 nitrogen and oxygen atoms in total. The Morgan fingerprint density at radius 3 is 2.45 bits per heavy atom. The van der Waals surface area contributed by atoms with Crippen molar-refractivity contribution < 1.29 is 24.2 Å². The van der Waals surface area contributed by atoms with E-state index in [2.05, 4.69) is 18.5 Å². The number of fused-ring (bicyclic) bond motifs is 1. The summed E-state index contributed by atoms with van der Waals surface area (Å²) in [7, 11) is 0. The number of nitrogens with zero attached hydrogens (tertiary/aromatic N) is 1. The molecule has 38 heavy (non-hydrogen) atoms. The molecule has 0 saturated heterocycles. The quantitative estimate of drug-likeness (QED) is 0.221. The second-order valence-corrected chi connectivity index (χ2v) is 9.57. The van der Waals surface area contributed by atoms with E-state index in [9.17, 15) is 19.5 Å². The van der Waals surface area contributed by atoms with E-state index in [0.29, 0.717) is 25.8 Å². The average molecular weight is 519 g/mol. The Morgan fingerprint density at radius 1 is 1.05 bits per heavy atom. The van der Waals surface area contributed by atoms with Crippen molar-refractivity contribution in [2.45, 2.75) is 57.2 Å². The van der Waals surface area contributed by atoms with E-state index in [-0.39, 0.29) is 49.8 Å². The highest BCUT2D eigenvalue weighted by Gasteiger charge is 2.32. The van der Waals surface area contributed by atoms with Crippen LogP contribution in [-0.4, -0.2) is 47.0 Å². The number of amides is 2. The summed E-state index contributed by atoms with van der Waals surface area (Å²) in [6.45, 7) is 7.78. The van der Waals surface area contributed by atoms with Gasteiger partial charge < -0.3 is 20.1 Å². The Hall–Kier alpha value is -3.71. The lowest BCUT2D eigenvalue weighted by Crippen LogP contribution is -2.47. The molecular formula is C31H38N2O5. The van der Waals surface area contributed by atoms with Crippen molar-refractivity contribution in [3.63, 3.8) is 0 Å². The van der Waals surface area contributed by atoms with E-state index in [4.69, 9.17) is 4.74 Å². The van der Waals surface area contributed by atoms with Crippen molar-refractivity contribution in [2.24, 2.45) is 5.92 Å². The number of aliphatic hydroxyl groups excluding tert-OH is 1. The first kappa shape index (κ1) is 28.9. The summed E-state index contributed by atoms with van der Waals surface area (Å²) in [6, 6.07) is 16.8. The second-order valence-electron chi connectivity index (χ2n) is 9.57.